The van der Waals surface area contributed by atoms with Crippen LogP contribution in [0.15, 0.2) is 42.5 Å². The largest absolute Gasteiger partial charge is 0.524 e. The Kier molecular flexibility index (Phi) is 4.51. The molecule has 0 fully saturated rings. The molecule has 0 bridgehead atoms. The average Bonchev–Trinajstić information content (AvgIpc) is 2.95. The van der Waals surface area contributed by atoms with Gasteiger partial charge in [-0.15, -0.1) is 11.3 Å². The summed E-state index contributed by atoms with van der Waals surface area (Å²) in [5.74, 6) is 0.730. The molecule has 0 aliphatic carbocycles. The number of phosphoric acid groups is 1. The fourth-order valence-electron chi connectivity index (χ4n) is 1.99. The second-order valence-corrected chi connectivity index (χ2v) is 6.97. The molecule has 9 heteroatoms. The molecule has 0 unspecified atom stereocenters. The zero-order chi connectivity index (χ0) is 17.2. The maximum Gasteiger partial charge on any atom is 0.524 e. The highest BCUT2D eigenvalue weighted by atomic mass is 32.1. The van der Waals surface area contributed by atoms with Crippen molar-refractivity contribution in [1.29, 1.82) is 5.26 Å². The first-order valence-electron chi connectivity index (χ1n) is 6.70. The van der Waals surface area contributed by atoms with Crippen LogP contribution in [-0.2, 0) is 11.2 Å². The molecule has 0 spiro atoms. The van der Waals surface area contributed by atoms with Crippen molar-refractivity contribution >= 4 is 29.4 Å². The Bertz CT molecular complexity index is 958. The van der Waals surface area contributed by atoms with Crippen LogP contribution >= 0.6 is 19.2 Å². The monoisotopic (exact) mass is 362 g/mol. The van der Waals surface area contributed by atoms with Gasteiger partial charge in [-0.25, -0.2) is 9.55 Å². The molecule has 1 aromatic heterocycles. The van der Waals surface area contributed by atoms with Gasteiger partial charge in [0.1, 0.15) is 24.2 Å². The summed E-state index contributed by atoms with van der Waals surface area (Å²) < 4.78 is 21.8. The molecule has 24 heavy (non-hydrogen) atoms. The number of phosphoric ester groups is 1. The standard InChI is InChI=1S/C15H11N2O5PS/c16-8-15-17-13-6-5-12(7-14(13)24-15)21-9-10-1-3-11(4-2-10)22-23(18,19)20/h1-7H,9H2,(H2,18,19,20). The predicted molar refractivity (Wildman–Crippen MR) is 87.8 cm³/mol. The zero-order valence-corrected chi connectivity index (χ0v) is 13.8. The molecule has 122 valence electrons. The minimum absolute atomic E-state index is 0.0854. The van der Waals surface area contributed by atoms with E-state index in [0.29, 0.717) is 10.8 Å². The fourth-order valence-corrected chi connectivity index (χ4v) is 3.18. The number of nitriles is 1. The Morgan fingerprint density at radius 3 is 2.54 bits per heavy atom. The van der Waals surface area contributed by atoms with Gasteiger partial charge >= 0.3 is 7.82 Å². The lowest BCUT2D eigenvalue weighted by atomic mass is 10.2. The molecule has 0 aliphatic rings. The Hall–Kier alpha value is -2.43. The highest BCUT2D eigenvalue weighted by Gasteiger charge is 2.15. The van der Waals surface area contributed by atoms with Gasteiger partial charge in [0.15, 0.2) is 5.01 Å². The van der Waals surface area contributed by atoms with Gasteiger partial charge in [0.05, 0.1) is 10.2 Å². The predicted octanol–water partition coefficient (Wildman–Crippen LogP) is 3.22. The van der Waals surface area contributed by atoms with Crippen molar-refractivity contribution in [2.45, 2.75) is 6.61 Å². The van der Waals surface area contributed by atoms with Crippen LogP contribution in [0.25, 0.3) is 10.2 Å². The lowest BCUT2D eigenvalue weighted by molar-refractivity contribution is 0.283. The van der Waals surface area contributed by atoms with Crippen molar-refractivity contribution in [3.05, 3.63) is 53.0 Å². The number of rotatable bonds is 5. The van der Waals surface area contributed by atoms with Crippen molar-refractivity contribution in [3.63, 3.8) is 0 Å². The van der Waals surface area contributed by atoms with E-state index in [1.807, 2.05) is 12.1 Å². The van der Waals surface area contributed by atoms with Crippen LogP contribution in [0, 0.1) is 11.3 Å². The lowest BCUT2D eigenvalue weighted by Crippen LogP contribution is -1.96. The number of ether oxygens (including phenoxy) is 1. The maximum absolute atomic E-state index is 10.8. The molecule has 0 saturated carbocycles. The van der Waals surface area contributed by atoms with E-state index in [-0.39, 0.29) is 12.4 Å². The minimum Gasteiger partial charge on any atom is -0.489 e. The topological polar surface area (TPSA) is 113 Å². The number of aromatic nitrogens is 1. The SMILES string of the molecule is N#Cc1nc2ccc(OCc3ccc(OP(=O)(O)O)cc3)cc2s1. The van der Waals surface area contributed by atoms with Gasteiger partial charge in [-0.3, -0.25) is 9.79 Å². The number of nitrogens with zero attached hydrogens (tertiary/aromatic N) is 2. The first-order valence-corrected chi connectivity index (χ1v) is 9.05. The number of hydrogen-bond acceptors (Lipinski definition) is 6. The average molecular weight is 362 g/mol. The molecular weight excluding hydrogens is 351 g/mol. The van der Waals surface area contributed by atoms with Crippen molar-refractivity contribution in [3.8, 4) is 17.6 Å². The summed E-state index contributed by atoms with van der Waals surface area (Å²) in [5.41, 5.74) is 1.57. The molecule has 0 radical (unpaired) electrons. The summed E-state index contributed by atoms with van der Waals surface area (Å²) >= 11 is 1.30. The number of hydrogen-bond donors (Lipinski definition) is 2. The molecule has 0 amide bonds. The Morgan fingerprint density at radius 2 is 1.88 bits per heavy atom. The molecule has 2 N–H and O–H groups in total. The third-order valence-corrected chi connectivity index (χ3v) is 4.38. The van der Waals surface area contributed by atoms with Crippen molar-refractivity contribution in [2.75, 3.05) is 0 Å². The molecule has 0 atom stereocenters. The summed E-state index contributed by atoms with van der Waals surface area (Å²) in [5, 5.41) is 9.27. The smallest absolute Gasteiger partial charge is 0.489 e. The van der Waals surface area contributed by atoms with Crippen LogP contribution in [0.2, 0.25) is 0 Å². The molecule has 3 rings (SSSR count). The van der Waals surface area contributed by atoms with Crippen LogP contribution in [0.1, 0.15) is 10.6 Å². The minimum atomic E-state index is -4.55. The lowest BCUT2D eigenvalue weighted by Gasteiger charge is -2.09. The Labute approximate surface area is 141 Å². The van der Waals surface area contributed by atoms with Gasteiger partial charge in [-0.05, 0) is 35.9 Å². The first-order chi connectivity index (χ1) is 11.4. The van der Waals surface area contributed by atoms with E-state index >= 15 is 0 Å². The molecule has 0 aliphatic heterocycles. The summed E-state index contributed by atoms with van der Waals surface area (Å²) in [4.78, 5) is 21.6. The molecule has 2 aromatic carbocycles. The van der Waals surface area contributed by atoms with Crippen LogP contribution in [0.4, 0.5) is 0 Å². The van der Waals surface area contributed by atoms with E-state index in [2.05, 4.69) is 9.51 Å². The van der Waals surface area contributed by atoms with Gasteiger partial charge in [-0.2, -0.15) is 5.26 Å². The number of benzene rings is 2. The second kappa shape index (κ2) is 6.59. The van der Waals surface area contributed by atoms with Gasteiger partial charge < -0.3 is 9.26 Å². The van der Waals surface area contributed by atoms with Crippen molar-refractivity contribution in [2.24, 2.45) is 0 Å². The van der Waals surface area contributed by atoms with Crippen LogP contribution < -0.4 is 9.26 Å². The van der Waals surface area contributed by atoms with Crippen molar-refractivity contribution in [1.82, 2.24) is 4.98 Å². The van der Waals surface area contributed by atoms with Gasteiger partial charge in [0.25, 0.3) is 0 Å². The quantitative estimate of drug-likeness (QED) is 0.670. The third kappa shape index (κ3) is 4.10. The number of fused-ring (bicyclic) bond motifs is 1. The molecular formula is C15H11N2O5PS. The van der Waals surface area contributed by atoms with Gasteiger partial charge in [0, 0.05) is 0 Å². The van der Waals surface area contributed by atoms with E-state index < -0.39 is 7.82 Å². The number of thiazole rings is 1. The summed E-state index contributed by atoms with van der Waals surface area (Å²) in [6.45, 7) is 0.283. The summed E-state index contributed by atoms with van der Waals surface area (Å²) in [7, 11) is -4.55. The molecule has 1 heterocycles. The maximum atomic E-state index is 10.8. The van der Waals surface area contributed by atoms with E-state index in [0.717, 1.165) is 15.8 Å². The van der Waals surface area contributed by atoms with Crippen molar-refractivity contribution < 1.29 is 23.6 Å². The highest BCUT2D eigenvalue weighted by Crippen LogP contribution is 2.37. The van der Waals surface area contributed by atoms with Gasteiger partial charge in [0.2, 0.25) is 0 Å². The normalized spacial score (nSPS) is 11.2. The Morgan fingerprint density at radius 1 is 1.17 bits per heavy atom. The van der Waals surface area contributed by atoms with E-state index in [1.54, 1.807) is 24.3 Å². The fraction of sp³-hybridized carbons (Fsp3) is 0.0667. The zero-order valence-electron chi connectivity index (χ0n) is 12.1. The molecule has 3 aromatic rings. The molecule has 0 saturated heterocycles. The van der Waals surface area contributed by atoms with E-state index in [4.69, 9.17) is 19.8 Å². The third-order valence-electron chi connectivity index (χ3n) is 3.01. The van der Waals surface area contributed by atoms with Crippen LogP contribution in [-0.4, -0.2) is 14.8 Å². The molecule has 7 nitrogen and oxygen atoms in total. The Balaban J connectivity index is 1.67. The summed E-state index contributed by atoms with van der Waals surface area (Å²) in [6, 6.07) is 13.6. The van der Waals surface area contributed by atoms with E-state index in [9.17, 15) is 4.57 Å². The summed E-state index contributed by atoms with van der Waals surface area (Å²) in [6.07, 6.45) is 0. The van der Waals surface area contributed by atoms with Crippen LogP contribution in [0.5, 0.6) is 11.5 Å². The van der Waals surface area contributed by atoms with Crippen LogP contribution in [0.3, 0.4) is 0 Å². The van der Waals surface area contributed by atoms with E-state index in [1.165, 1.54) is 23.5 Å². The van der Waals surface area contributed by atoms with Gasteiger partial charge in [-0.1, -0.05) is 12.1 Å². The highest BCUT2D eigenvalue weighted by molar-refractivity contribution is 7.46. The first kappa shape index (κ1) is 16.4. The second-order valence-electron chi connectivity index (χ2n) is 4.77.